The van der Waals surface area contributed by atoms with Gasteiger partial charge in [-0.3, -0.25) is 4.79 Å². The number of hydrogen-bond acceptors (Lipinski definition) is 2. The molecular weight excluding hydrogens is 250 g/mol. The van der Waals surface area contributed by atoms with Gasteiger partial charge in [-0.05, 0) is 18.2 Å². The van der Waals surface area contributed by atoms with Crippen LogP contribution in [0.4, 0.5) is 0 Å². The van der Waals surface area contributed by atoms with Crippen molar-refractivity contribution < 1.29 is 9.21 Å². The van der Waals surface area contributed by atoms with E-state index in [0.29, 0.717) is 17.0 Å². The van der Waals surface area contributed by atoms with E-state index in [1.807, 2.05) is 30.3 Å². The number of furan rings is 1. The molecule has 0 atom stereocenters. The number of rotatable bonds is 3. The molecule has 1 aromatic carbocycles. The SMILES string of the molecule is O=C(CCl)c1c(-c2ccco2)[nH]c2ccccc12. The molecule has 0 unspecified atom stereocenters. The van der Waals surface area contributed by atoms with Crippen molar-refractivity contribution in [3.63, 3.8) is 0 Å². The Morgan fingerprint density at radius 2 is 2.06 bits per heavy atom. The van der Waals surface area contributed by atoms with Gasteiger partial charge in [0.2, 0.25) is 0 Å². The number of fused-ring (bicyclic) bond motifs is 1. The Balaban J connectivity index is 2.33. The van der Waals surface area contributed by atoms with Crippen molar-refractivity contribution in [1.82, 2.24) is 4.98 Å². The molecule has 90 valence electrons. The molecule has 0 aliphatic carbocycles. The number of H-pyrrole nitrogens is 1. The zero-order valence-electron chi connectivity index (χ0n) is 9.44. The maximum atomic E-state index is 12.0. The predicted octanol–water partition coefficient (Wildman–Crippen LogP) is 3.85. The van der Waals surface area contributed by atoms with E-state index >= 15 is 0 Å². The zero-order chi connectivity index (χ0) is 12.5. The molecule has 0 spiro atoms. The molecule has 0 bridgehead atoms. The minimum Gasteiger partial charge on any atom is -0.463 e. The third-order valence-electron chi connectivity index (χ3n) is 2.87. The summed E-state index contributed by atoms with van der Waals surface area (Å²) >= 11 is 5.68. The maximum absolute atomic E-state index is 12.0. The quantitative estimate of drug-likeness (QED) is 0.574. The zero-order valence-corrected chi connectivity index (χ0v) is 10.2. The van der Waals surface area contributed by atoms with E-state index in [-0.39, 0.29) is 11.7 Å². The predicted molar refractivity (Wildman–Crippen MR) is 71.1 cm³/mol. The highest BCUT2D eigenvalue weighted by molar-refractivity contribution is 6.33. The lowest BCUT2D eigenvalue weighted by atomic mass is 10.1. The molecule has 2 aromatic heterocycles. The van der Waals surface area contributed by atoms with E-state index in [9.17, 15) is 4.79 Å². The van der Waals surface area contributed by atoms with Crippen LogP contribution in [0.1, 0.15) is 10.4 Å². The second kappa shape index (κ2) is 4.35. The number of carbonyl (C=O) groups is 1. The number of ketones is 1. The number of aromatic amines is 1. The average Bonchev–Trinajstić information content (AvgIpc) is 3.04. The van der Waals surface area contributed by atoms with Crippen molar-refractivity contribution in [2.45, 2.75) is 0 Å². The molecule has 4 heteroatoms. The normalized spacial score (nSPS) is 10.9. The first-order valence-corrected chi connectivity index (χ1v) is 6.08. The largest absolute Gasteiger partial charge is 0.463 e. The number of hydrogen-bond donors (Lipinski definition) is 1. The summed E-state index contributed by atoms with van der Waals surface area (Å²) in [7, 11) is 0. The Morgan fingerprint density at radius 1 is 1.22 bits per heavy atom. The van der Waals surface area contributed by atoms with Gasteiger partial charge in [0.15, 0.2) is 11.5 Å². The van der Waals surface area contributed by atoms with Gasteiger partial charge in [0, 0.05) is 10.9 Å². The highest BCUT2D eigenvalue weighted by Gasteiger charge is 2.19. The summed E-state index contributed by atoms with van der Waals surface area (Å²) in [5.74, 6) is 0.482. The Morgan fingerprint density at radius 3 is 2.78 bits per heavy atom. The van der Waals surface area contributed by atoms with E-state index in [4.69, 9.17) is 16.0 Å². The molecule has 3 rings (SSSR count). The smallest absolute Gasteiger partial charge is 0.180 e. The standard InChI is InChI=1S/C14H10ClNO2/c15-8-11(17)13-9-4-1-2-5-10(9)16-14(13)12-6-3-7-18-12/h1-7,16H,8H2. The first-order chi connectivity index (χ1) is 8.81. The van der Waals surface area contributed by atoms with Gasteiger partial charge in [0.05, 0.1) is 23.4 Å². The molecule has 3 aromatic rings. The second-order valence-corrected chi connectivity index (χ2v) is 4.22. The van der Waals surface area contributed by atoms with Gasteiger partial charge in [0.25, 0.3) is 0 Å². The van der Waals surface area contributed by atoms with Gasteiger partial charge in [0.1, 0.15) is 0 Å². The van der Waals surface area contributed by atoms with Crippen molar-refractivity contribution in [2.75, 3.05) is 5.88 Å². The molecule has 0 saturated heterocycles. The van der Waals surface area contributed by atoms with Gasteiger partial charge in [-0.25, -0.2) is 0 Å². The molecule has 0 aliphatic heterocycles. The number of para-hydroxylation sites is 1. The summed E-state index contributed by atoms with van der Waals surface area (Å²) in [6.07, 6.45) is 1.58. The van der Waals surface area contributed by atoms with Crippen molar-refractivity contribution in [3.05, 3.63) is 48.2 Å². The number of aromatic nitrogens is 1. The van der Waals surface area contributed by atoms with E-state index in [1.54, 1.807) is 12.3 Å². The van der Waals surface area contributed by atoms with E-state index in [1.165, 1.54) is 0 Å². The summed E-state index contributed by atoms with van der Waals surface area (Å²) in [5, 5.41) is 0.870. The Kier molecular flexibility index (Phi) is 2.68. The minimum atomic E-state index is -0.111. The van der Waals surface area contributed by atoms with Crippen LogP contribution in [0.5, 0.6) is 0 Å². The fraction of sp³-hybridized carbons (Fsp3) is 0.0714. The topological polar surface area (TPSA) is 46.0 Å². The molecule has 0 fully saturated rings. The highest BCUT2D eigenvalue weighted by Crippen LogP contribution is 2.31. The molecule has 0 saturated carbocycles. The van der Waals surface area contributed by atoms with Crippen LogP contribution in [0, 0.1) is 0 Å². The Labute approximate surface area is 108 Å². The number of nitrogens with one attached hydrogen (secondary N) is 1. The molecule has 3 nitrogen and oxygen atoms in total. The van der Waals surface area contributed by atoms with Crippen LogP contribution in [0.3, 0.4) is 0 Å². The Bertz CT molecular complexity index is 698. The Hall–Kier alpha value is -2.00. The second-order valence-electron chi connectivity index (χ2n) is 3.95. The lowest BCUT2D eigenvalue weighted by molar-refractivity contribution is 0.102. The first-order valence-electron chi connectivity index (χ1n) is 5.55. The van der Waals surface area contributed by atoms with Gasteiger partial charge in [-0.1, -0.05) is 18.2 Å². The average molecular weight is 260 g/mol. The van der Waals surface area contributed by atoms with Crippen LogP contribution in [0.15, 0.2) is 47.1 Å². The summed E-state index contributed by atoms with van der Waals surface area (Å²) < 4.78 is 5.36. The van der Waals surface area contributed by atoms with E-state index in [0.717, 1.165) is 10.9 Å². The number of Topliss-reactive ketones (excluding diaryl/α,β-unsaturated/α-hetero) is 1. The molecule has 0 aliphatic rings. The number of carbonyl (C=O) groups excluding carboxylic acids is 1. The molecule has 18 heavy (non-hydrogen) atoms. The highest BCUT2D eigenvalue weighted by atomic mass is 35.5. The molecule has 0 amide bonds. The first kappa shape index (κ1) is 11.1. The minimum absolute atomic E-state index is 0.0461. The van der Waals surface area contributed by atoms with Crippen LogP contribution >= 0.6 is 11.6 Å². The monoisotopic (exact) mass is 259 g/mol. The fourth-order valence-electron chi connectivity index (χ4n) is 2.10. The van der Waals surface area contributed by atoms with Crippen molar-refractivity contribution in [1.29, 1.82) is 0 Å². The number of alkyl halides is 1. The lowest BCUT2D eigenvalue weighted by Gasteiger charge is -1.98. The van der Waals surface area contributed by atoms with Crippen molar-refractivity contribution in [2.24, 2.45) is 0 Å². The van der Waals surface area contributed by atoms with Crippen LogP contribution in [-0.4, -0.2) is 16.6 Å². The van der Waals surface area contributed by atoms with Crippen molar-refractivity contribution >= 4 is 28.3 Å². The molecule has 1 N–H and O–H groups in total. The van der Waals surface area contributed by atoms with Crippen molar-refractivity contribution in [3.8, 4) is 11.5 Å². The summed E-state index contributed by atoms with van der Waals surface area (Å²) in [6, 6.07) is 11.2. The third-order valence-corrected chi connectivity index (χ3v) is 3.12. The summed E-state index contributed by atoms with van der Waals surface area (Å²) in [6.45, 7) is 0. The van der Waals surface area contributed by atoms with E-state index < -0.39 is 0 Å². The van der Waals surface area contributed by atoms with Gasteiger partial charge >= 0.3 is 0 Å². The van der Waals surface area contributed by atoms with Crippen LogP contribution in [0.2, 0.25) is 0 Å². The van der Waals surface area contributed by atoms with Crippen LogP contribution < -0.4 is 0 Å². The molecule has 0 radical (unpaired) electrons. The summed E-state index contributed by atoms with van der Waals surface area (Å²) in [5.41, 5.74) is 2.18. The summed E-state index contributed by atoms with van der Waals surface area (Å²) in [4.78, 5) is 15.2. The molecular formula is C14H10ClNO2. The van der Waals surface area contributed by atoms with Crippen LogP contribution in [-0.2, 0) is 0 Å². The third kappa shape index (κ3) is 1.64. The molecule has 2 heterocycles. The van der Waals surface area contributed by atoms with Crippen LogP contribution in [0.25, 0.3) is 22.4 Å². The van der Waals surface area contributed by atoms with Gasteiger partial charge in [-0.2, -0.15) is 0 Å². The fourth-order valence-corrected chi connectivity index (χ4v) is 2.24. The van der Waals surface area contributed by atoms with Gasteiger partial charge < -0.3 is 9.40 Å². The number of benzene rings is 1. The number of halogens is 1. The van der Waals surface area contributed by atoms with Gasteiger partial charge in [-0.15, -0.1) is 11.6 Å². The lowest BCUT2D eigenvalue weighted by Crippen LogP contribution is -2.01. The maximum Gasteiger partial charge on any atom is 0.180 e. The van der Waals surface area contributed by atoms with E-state index in [2.05, 4.69) is 4.98 Å².